The highest BCUT2D eigenvalue weighted by atomic mass is 31.2. The standard InChI is InChI=1S/C27H25N2O2P2/c1-28-20-12-4-8-16-24(20)32(30)25-17-9-5-13-21(25)29(2)23-15-7-11-19-27(23)33(3,31)26-18-10-6-14-22(26)28/h4-19H,1-3H3/q+1. The van der Waals surface area contributed by atoms with E-state index in [1.807, 2.05) is 128 Å². The van der Waals surface area contributed by atoms with Crippen LogP contribution < -0.4 is 31.0 Å². The van der Waals surface area contributed by atoms with Crippen molar-refractivity contribution >= 4 is 58.9 Å². The average molecular weight is 471 g/mol. The van der Waals surface area contributed by atoms with Gasteiger partial charge in [-0.25, -0.2) is 0 Å². The molecule has 4 aromatic carbocycles. The van der Waals surface area contributed by atoms with Crippen LogP contribution in [0.4, 0.5) is 22.7 Å². The van der Waals surface area contributed by atoms with Crippen LogP contribution in [0.15, 0.2) is 97.1 Å². The minimum atomic E-state index is -2.99. The lowest BCUT2D eigenvalue weighted by molar-refractivity contribution is 0.590. The Bertz CT molecular complexity index is 1330. The van der Waals surface area contributed by atoms with Gasteiger partial charge in [-0.05, 0) is 55.2 Å². The minimum Gasteiger partial charge on any atom is -0.340 e. The Hall–Kier alpha value is -3.19. The summed E-state index contributed by atoms with van der Waals surface area (Å²) in [5.41, 5.74) is 3.39. The minimum absolute atomic E-state index is 0.755. The van der Waals surface area contributed by atoms with Crippen molar-refractivity contribution in [2.45, 2.75) is 0 Å². The van der Waals surface area contributed by atoms with Crippen molar-refractivity contribution in [3.63, 3.8) is 0 Å². The summed E-state index contributed by atoms with van der Waals surface area (Å²) in [6.07, 6.45) is 0. The van der Waals surface area contributed by atoms with Crippen LogP contribution in [-0.4, -0.2) is 20.8 Å². The number of nitrogens with zero attached hydrogens (tertiary/aromatic N) is 2. The van der Waals surface area contributed by atoms with Gasteiger partial charge in [-0.15, -0.1) is 0 Å². The summed E-state index contributed by atoms with van der Waals surface area (Å²) in [7, 11) is -0.953. The number of fused-ring (bicyclic) bond motifs is 4. The first-order valence-electron chi connectivity index (χ1n) is 10.8. The zero-order valence-corrected chi connectivity index (χ0v) is 20.6. The van der Waals surface area contributed by atoms with Gasteiger partial charge in [-0.1, -0.05) is 53.1 Å². The predicted octanol–water partition coefficient (Wildman–Crippen LogP) is 5.26. The van der Waals surface area contributed by atoms with Crippen molar-refractivity contribution in [2.24, 2.45) is 0 Å². The number of hydrogen-bond donors (Lipinski definition) is 0. The Balaban J connectivity index is 1.90. The monoisotopic (exact) mass is 471 g/mol. The largest absolute Gasteiger partial charge is 0.419 e. The number of rotatable bonds is 0. The summed E-state index contributed by atoms with van der Waals surface area (Å²) in [6, 6.07) is 31.2. The normalized spacial score (nSPS) is 18.8. The van der Waals surface area contributed by atoms with Gasteiger partial charge in [0, 0.05) is 24.7 Å². The first-order valence-corrected chi connectivity index (χ1v) is 14.2. The van der Waals surface area contributed by atoms with Crippen LogP contribution in [0.25, 0.3) is 0 Å². The van der Waals surface area contributed by atoms with E-state index in [1.165, 1.54) is 0 Å². The van der Waals surface area contributed by atoms with E-state index in [4.69, 9.17) is 0 Å². The lowest BCUT2D eigenvalue weighted by Gasteiger charge is -2.29. The van der Waals surface area contributed by atoms with Gasteiger partial charge < -0.3 is 14.4 Å². The molecule has 4 aromatic rings. The van der Waals surface area contributed by atoms with Crippen molar-refractivity contribution in [3.8, 4) is 0 Å². The van der Waals surface area contributed by atoms with E-state index in [-0.39, 0.29) is 0 Å². The zero-order valence-electron chi connectivity index (χ0n) is 18.8. The second kappa shape index (κ2) is 8.30. The summed E-state index contributed by atoms with van der Waals surface area (Å²) in [6.45, 7) is 1.84. The van der Waals surface area contributed by atoms with Crippen molar-refractivity contribution in [2.75, 3.05) is 30.6 Å². The van der Waals surface area contributed by atoms with Crippen LogP contribution in [0.2, 0.25) is 0 Å². The Kier molecular flexibility index (Phi) is 5.44. The molecule has 33 heavy (non-hydrogen) atoms. The maximum atomic E-state index is 14.6. The van der Waals surface area contributed by atoms with Crippen LogP contribution in [-0.2, 0) is 9.13 Å². The molecule has 164 valence electrons. The van der Waals surface area contributed by atoms with Gasteiger partial charge in [0.15, 0.2) is 0 Å². The van der Waals surface area contributed by atoms with Crippen molar-refractivity contribution in [1.29, 1.82) is 0 Å². The van der Waals surface area contributed by atoms with E-state index in [1.54, 1.807) is 0 Å². The molecule has 4 nitrogen and oxygen atoms in total. The Morgan fingerprint density at radius 1 is 0.576 bits per heavy atom. The van der Waals surface area contributed by atoms with E-state index in [9.17, 15) is 9.13 Å². The van der Waals surface area contributed by atoms with Crippen molar-refractivity contribution in [1.82, 2.24) is 0 Å². The van der Waals surface area contributed by atoms with Crippen molar-refractivity contribution in [3.05, 3.63) is 97.1 Å². The molecule has 0 saturated carbocycles. The molecule has 0 amide bonds. The topological polar surface area (TPSA) is 40.6 Å². The number of hydrogen-bond acceptors (Lipinski definition) is 4. The molecule has 1 heterocycles. The maximum absolute atomic E-state index is 14.6. The predicted molar refractivity (Wildman–Crippen MR) is 142 cm³/mol. The molecule has 0 radical (unpaired) electrons. The highest BCUT2D eigenvalue weighted by Crippen LogP contribution is 2.47. The third kappa shape index (κ3) is 3.51. The molecule has 6 heteroatoms. The van der Waals surface area contributed by atoms with Crippen LogP contribution in [0, 0.1) is 0 Å². The van der Waals surface area contributed by atoms with E-state index in [0.29, 0.717) is 0 Å². The van der Waals surface area contributed by atoms with Crippen LogP contribution >= 0.6 is 14.9 Å². The van der Waals surface area contributed by atoms with Gasteiger partial charge in [0.25, 0.3) is 0 Å². The quantitative estimate of drug-likeness (QED) is 0.328. The first-order chi connectivity index (χ1) is 15.9. The molecular formula is C27H25N2O2P2+. The first kappa shape index (κ1) is 21.6. The lowest BCUT2D eigenvalue weighted by atomic mass is 10.2. The number of anilines is 4. The smallest absolute Gasteiger partial charge is 0.340 e. The van der Waals surface area contributed by atoms with E-state index < -0.39 is 14.9 Å². The average Bonchev–Trinajstić information content (AvgIpc) is 2.87. The molecule has 0 aromatic heterocycles. The number of benzene rings is 4. The zero-order chi connectivity index (χ0) is 23.2. The highest BCUT2D eigenvalue weighted by molar-refractivity contribution is 7.78. The molecule has 0 bridgehead atoms. The summed E-state index contributed by atoms with van der Waals surface area (Å²) < 4.78 is 28.6. The second-order valence-electron chi connectivity index (χ2n) is 8.29. The van der Waals surface area contributed by atoms with E-state index in [2.05, 4.69) is 0 Å². The molecule has 0 aliphatic carbocycles. The summed E-state index contributed by atoms with van der Waals surface area (Å²) in [4.78, 5) is 4.04. The van der Waals surface area contributed by atoms with Crippen LogP contribution in [0.5, 0.6) is 0 Å². The fourth-order valence-corrected chi connectivity index (χ4v) is 8.47. The summed E-state index contributed by atoms with van der Waals surface area (Å²) in [5, 5.41) is 3.08. The van der Waals surface area contributed by atoms with Gasteiger partial charge >= 0.3 is 7.80 Å². The lowest BCUT2D eigenvalue weighted by Crippen LogP contribution is -2.30. The van der Waals surface area contributed by atoms with Crippen LogP contribution in [0.1, 0.15) is 0 Å². The summed E-state index contributed by atoms with van der Waals surface area (Å²) >= 11 is 0. The Morgan fingerprint density at radius 2 is 0.909 bits per heavy atom. The van der Waals surface area contributed by atoms with Gasteiger partial charge in [0.05, 0.1) is 22.7 Å². The maximum Gasteiger partial charge on any atom is 0.419 e. The molecular weight excluding hydrogens is 446 g/mol. The van der Waals surface area contributed by atoms with Gasteiger partial charge in [-0.3, -0.25) is 0 Å². The van der Waals surface area contributed by atoms with Gasteiger partial charge in [0.2, 0.25) is 10.6 Å². The molecule has 0 spiro atoms. The van der Waals surface area contributed by atoms with E-state index >= 15 is 0 Å². The molecule has 0 N–H and O–H groups in total. The molecule has 0 unspecified atom stereocenters. The third-order valence-corrected chi connectivity index (χ3v) is 10.6. The van der Waals surface area contributed by atoms with E-state index in [0.717, 1.165) is 44.0 Å². The SMILES string of the molecule is CN1c2ccccc2[P+](=O)c2ccccc2N(C)c2ccccc2P(C)(=O)c2ccccc21. The molecule has 1 aliphatic rings. The fraction of sp³-hybridized carbons (Fsp3) is 0.111. The highest BCUT2D eigenvalue weighted by Gasteiger charge is 2.36. The Morgan fingerprint density at radius 3 is 1.33 bits per heavy atom. The van der Waals surface area contributed by atoms with Gasteiger partial charge in [0.1, 0.15) is 7.14 Å². The van der Waals surface area contributed by atoms with Crippen molar-refractivity contribution < 1.29 is 9.13 Å². The number of para-hydroxylation sites is 4. The molecule has 0 fully saturated rings. The second-order valence-corrected chi connectivity index (χ2v) is 12.7. The van der Waals surface area contributed by atoms with Gasteiger partial charge in [-0.2, -0.15) is 0 Å². The third-order valence-electron chi connectivity index (χ3n) is 6.33. The Labute approximate surface area is 195 Å². The molecule has 1 aliphatic heterocycles. The molecule has 0 saturated heterocycles. The summed E-state index contributed by atoms with van der Waals surface area (Å²) in [5.74, 6) is 0. The molecule has 0 atom stereocenters. The fourth-order valence-electron chi connectivity index (χ4n) is 4.58. The molecule has 5 rings (SSSR count). The van der Waals surface area contributed by atoms with Crippen LogP contribution in [0.3, 0.4) is 0 Å².